The number of urea groups is 1. The number of nitrogens with zero attached hydrogens (tertiary/aromatic N) is 3. The van der Waals surface area contributed by atoms with Crippen LogP contribution in [0.15, 0.2) is 42.5 Å². The molecule has 0 spiro atoms. The summed E-state index contributed by atoms with van der Waals surface area (Å²) in [7, 11) is 2.15. The monoisotopic (exact) mass is 555 g/mol. The number of carbonyl (C=O) groups excluding carboxylic acids is 2. The second-order valence-corrected chi connectivity index (χ2v) is 11.9. The molecular weight excluding hydrogens is 517 g/mol. The number of rotatable bonds is 8. The van der Waals surface area contributed by atoms with Crippen molar-refractivity contribution in [3.05, 3.63) is 58.9 Å². The normalized spacial score (nSPS) is 25.0. The van der Waals surface area contributed by atoms with Crippen molar-refractivity contribution in [2.45, 2.75) is 50.5 Å². The van der Waals surface area contributed by atoms with Crippen LogP contribution in [0.2, 0.25) is 5.02 Å². The topological polar surface area (TPSA) is 67.9 Å². The van der Waals surface area contributed by atoms with Crippen LogP contribution in [0.3, 0.4) is 0 Å². The van der Waals surface area contributed by atoms with E-state index in [9.17, 15) is 14.0 Å². The van der Waals surface area contributed by atoms with Gasteiger partial charge in [0.2, 0.25) is 5.91 Å². The summed E-state index contributed by atoms with van der Waals surface area (Å²) in [6.45, 7) is 7.44. The van der Waals surface area contributed by atoms with Crippen molar-refractivity contribution >= 4 is 34.9 Å². The number of piperazine rings is 1. The fourth-order valence-electron chi connectivity index (χ4n) is 6.51. The van der Waals surface area contributed by atoms with Gasteiger partial charge in [-0.15, -0.1) is 0 Å². The Morgan fingerprint density at radius 1 is 1.10 bits per heavy atom. The van der Waals surface area contributed by atoms with Gasteiger partial charge in [-0.2, -0.15) is 0 Å². The number of nitrogens with one attached hydrogen (secondary N) is 2. The highest BCUT2D eigenvalue weighted by atomic mass is 35.5. The van der Waals surface area contributed by atoms with Crippen molar-refractivity contribution in [1.82, 2.24) is 14.7 Å². The third-order valence-corrected chi connectivity index (χ3v) is 9.10. The highest BCUT2D eigenvalue weighted by Gasteiger charge is 2.58. The highest BCUT2D eigenvalue weighted by molar-refractivity contribution is 6.31. The molecule has 9 heteroatoms. The van der Waals surface area contributed by atoms with E-state index in [0.717, 1.165) is 70.5 Å². The molecule has 1 heterocycles. The molecule has 2 aromatic carbocycles. The van der Waals surface area contributed by atoms with Crippen molar-refractivity contribution in [3.8, 4) is 0 Å². The van der Waals surface area contributed by atoms with Gasteiger partial charge in [-0.3, -0.25) is 4.79 Å². The molecule has 3 amide bonds. The molecule has 2 aromatic rings. The van der Waals surface area contributed by atoms with Crippen LogP contribution in [0.25, 0.3) is 0 Å². The minimum absolute atomic E-state index is 0.00339. The van der Waals surface area contributed by atoms with Gasteiger partial charge < -0.3 is 25.3 Å². The Hall–Kier alpha value is -2.68. The Kier molecular flexibility index (Phi) is 8.45. The molecule has 3 atom stereocenters. The van der Waals surface area contributed by atoms with E-state index in [-0.39, 0.29) is 28.4 Å². The van der Waals surface area contributed by atoms with Gasteiger partial charge in [0.25, 0.3) is 0 Å². The minimum atomic E-state index is -0.501. The summed E-state index contributed by atoms with van der Waals surface area (Å²) >= 11 is 5.97. The third-order valence-electron chi connectivity index (χ3n) is 8.81. The molecule has 2 aliphatic carbocycles. The third kappa shape index (κ3) is 6.56. The van der Waals surface area contributed by atoms with Gasteiger partial charge in [-0.1, -0.05) is 23.7 Å². The Labute approximate surface area is 235 Å². The Balaban J connectivity index is 1.26. The van der Waals surface area contributed by atoms with Crippen molar-refractivity contribution in [3.63, 3.8) is 0 Å². The van der Waals surface area contributed by atoms with Crippen LogP contribution in [0, 0.1) is 11.7 Å². The first-order valence-corrected chi connectivity index (χ1v) is 14.4. The fourth-order valence-corrected chi connectivity index (χ4v) is 6.69. The average Bonchev–Trinajstić information content (AvgIpc) is 3.65. The first-order chi connectivity index (χ1) is 18.7. The number of likely N-dealkylation sites (N-methyl/N-ethyl adjacent to an activating group) is 1. The molecule has 39 heavy (non-hydrogen) atoms. The van der Waals surface area contributed by atoms with Gasteiger partial charge in [-0.25, -0.2) is 9.18 Å². The van der Waals surface area contributed by atoms with E-state index in [2.05, 4.69) is 39.6 Å². The smallest absolute Gasteiger partial charge is 0.322 e. The van der Waals surface area contributed by atoms with E-state index >= 15 is 0 Å². The van der Waals surface area contributed by atoms with E-state index < -0.39 is 5.82 Å². The molecule has 3 aliphatic rings. The van der Waals surface area contributed by atoms with E-state index in [1.807, 2.05) is 17.0 Å². The SMILES string of the molecule is CC(=O)Nc1cccc([C@@]23CC[C@@H](N(CCCN4CCN(C)CC4)C(=O)Nc4ccc(F)c(Cl)c4)CC2C3)c1. The zero-order chi connectivity index (χ0) is 27.6. The Morgan fingerprint density at radius 2 is 1.87 bits per heavy atom. The summed E-state index contributed by atoms with van der Waals surface area (Å²) in [5.74, 6) is -0.0583. The van der Waals surface area contributed by atoms with Crippen LogP contribution in [0.4, 0.5) is 20.6 Å². The Bertz CT molecular complexity index is 1200. The maximum absolute atomic E-state index is 13.7. The molecule has 1 unspecified atom stereocenters. The number of anilines is 2. The molecule has 0 aromatic heterocycles. The molecular formula is C30H39ClFN5O2. The van der Waals surface area contributed by atoms with Gasteiger partial charge in [0.15, 0.2) is 0 Å². The minimum Gasteiger partial charge on any atom is -0.326 e. The van der Waals surface area contributed by atoms with Crippen LogP contribution in [0.1, 0.15) is 44.6 Å². The van der Waals surface area contributed by atoms with Crippen LogP contribution < -0.4 is 10.6 Å². The lowest BCUT2D eigenvalue weighted by atomic mass is 9.80. The molecule has 1 aliphatic heterocycles. The molecule has 2 saturated carbocycles. The molecule has 210 valence electrons. The van der Waals surface area contributed by atoms with Gasteiger partial charge in [0, 0.05) is 57.1 Å². The number of carbonyl (C=O) groups is 2. The number of fused-ring (bicyclic) bond motifs is 1. The number of amides is 3. The van der Waals surface area contributed by atoms with E-state index in [1.165, 1.54) is 24.6 Å². The second kappa shape index (κ2) is 11.8. The van der Waals surface area contributed by atoms with Gasteiger partial charge in [0.1, 0.15) is 5.82 Å². The number of hydrogen-bond acceptors (Lipinski definition) is 4. The number of hydrogen-bond donors (Lipinski definition) is 2. The van der Waals surface area contributed by atoms with E-state index in [4.69, 9.17) is 11.6 Å². The molecule has 0 bridgehead atoms. The number of benzene rings is 2. The maximum Gasteiger partial charge on any atom is 0.322 e. The summed E-state index contributed by atoms with van der Waals surface area (Å²) in [5.41, 5.74) is 2.76. The zero-order valence-electron chi connectivity index (χ0n) is 22.9. The molecule has 5 rings (SSSR count). The summed E-state index contributed by atoms with van der Waals surface area (Å²) in [6, 6.07) is 12.5. The quantitative estimate of drug-likeness (QED) is 0.456. The number of halogens is 2. The van der Waals surface area contributed by atoms with Crippen molar-refractivity contribution < 1.29 is 14.0 Å². The second-order valence-electron chi connectivity index (χ2n) is 11.5. The average molecular weight is 556 g/mol. The van der Waals surface area contributed by atoms with Gasteiger partial charge in [-0.05, 0) is 92.9 Å². The van der Waals surface area contributed by atoms with Crippen LogP contribution in [0.5, 0.6) is 0 Å². The molecule has 7 nitrogen and oxygen atoms in total. The highest BCUT2D eigenvalue weighted by Crippen LogP contribution is 2.63. The van der Waals surface area contributed by atoms with Crippen molar-refractivity contribution in [2.75, 3.05) is 56.9 Å². The lowest BCUT2D eigenvalue weighted by molar-refractivity contribution is -0.114. The van der Waals surface area contributed by atoms with Crippen LogP contribution in [-0.2, 0) is 10.2 Å². The first-order valence-electron chi connectivity index (χ1n) is 14.1. The summed E-state index contributed by atoms with van der Waals surface area (Å²) in [4.78, 5) is 32.0. The van der Waals surface area contributed by atoms with E-state index in [1.54, 1.807) is 6.07 Å². The van der Waals surface area contributed by atoms with Gasteiger partial charge >= 0.3 is 6.03 Å². The lowest BCUT2D eigenvalue weighted by Crippen LogP contribution is -2.48. The van der Waals surface area contributed by atoms with E-state index in [0.29, 0.717) is 18.2 Å². The lowest BCUT2D eigenvalue weighted by Gasteiger charge is -2.38. The Morgan fingerprint density at radius 3 is 2.59 bits per heavy atom. The summed E-state index contributed by atoms with van der Waals surface area (Å²) in [5, 5.41) is 5.87. The standard InChI is InChI=1S/C30H39ClFN5O2/c1-21(38)33-24-6-3-5-22(17-24)30-10-9-26(18-23(30)20-30)37(12-4-11-36-15-13-35(2)14-16-36)29(39)34-25-7-8-28(32)27(31)19-25/h3,5-8,17,19,23,26H,4,9-16,18,20H2,1-2H3,(H,33,38)(H,34,39)/t23?,26-,30+/m1/s1. The predicted molar refractivity (Wildman–Crippen MR) is 154 cm³/mol. The fraction of sp³-hybridized carbons (Fsp3) is 0.533. The predicted octanol–water partition coefficient (Wildman–Crippen LogP) is 5.42. The summed E-state index contributed by atoms with van der Waals surface area (Å²) in [6.07, 6.45) is 4.91. The largest absolute Gasteiger partial charge is 0.326 e. The van der Waals surface area contributed by atoms with Crippen molar-refractivity contribution in [1.29, 1.82) is 0 Å². The first kappa shape index (κ1) is 27.9. The maximum atomic E-state index is 13.7. The molecule has 1 saturated heterocycles. The molecule has 3 fully saturated rings. The van der Waals surface area contributed by atoms with Gasteiger partial charge in [0.05, 0.1) is 5.02 Å². The summed E-state index contributed by atoms with van der Waals surface area (Å²) < 4.78 is 13.7. The zero-order valence-corrected chi connectivity index (χ0v) is 23.6. The van der Waals surface area contributed by atoms with Crippen LogP contribution in [-0.4, -0.2) is 79.0 Å². The van der Waals surface area contributed by atoms with Crippen LogP contribution >= 0.6 is 11.6 Å². The molecule has 0 radical (unpaired) electrons. The molecule has 2 N–H and O–H groups in total. The van der Waals surface area contributed by atoms with Crippen molar-refractivity contribution in [2.24, 2.45) is 5.92 Å².